The summed E-state index contributed by atoms with van der Waals surface area (Å²) in [5, 5.41) is 13.4. The number of benzene rings is 2. The number of anilines is 1. The van der Waals surface area contributed by atoms with E-state index in [9.17, 15) is 9.90 Å². The van der Waals surface area contributed by atoms with Crippen molar-refractivity contribution in [3.05, 3.63) is 59.2 Å². The molecule has 0 radical (unpaired) electrons. The van der Waals surface area contributed by atoms with Crippen LogP contribution < -0.4 is 15.8 Å². The number of thiocarbonyl (C=S) groups is 1. The van der Waals surface area contributed by atoms with Crippen molar-refractivity contribution < 1.29 is 14.6 Å². The van der Waals surface area contributed by atoms with Crippen LogP contribution in [-0.4, -0.2) is 54.6 Å². The van der Waals surface area contributed by atoms with E-state index in [1.54, 1.807) is 25.1 Å². The molecular weight excluding hydrogens is 422 g/mol. The van der Waals surface area contributed by atoms with E-state index in [1.807, 2.05) is 57.2 Å². The number of nitrogens with zero attached hydrogens (tertiary/aromatic N) is 1. The molecule has 0 aromatic heterocycles. The highest BCUT2D eigenvalue weighted by atomic mass is 32.1. The van der Waals surface area contributed by atoms with E-state index in [0.29, 0.717) is 48.8 Å². The summed E-state index contributed by atoms with van der Waals surface area (Å²) in [7, 11) is 3.45. The predicted octanol–water partition coefficient (Wildman–Crippen LogP) is 3.89. The van der Waals surface area contributed by atoms with E-state index in [1.165, 1.54) is 0 Å². The van der Waals surface area contributed by atoms with E-state index in [-0.39, 0.29) is 5.91 Å². The van der Waals surface area contributed by atoms with Gasteiger partial charge in [0, 0.05) is 55.8 Å². The zero-order valence-electron chi connectivity index (χ0n) is 19.9. The molecule has 1 atom stereocenters. The average molecular weight is 460 g/mol. The van der Waals surface area contributed by atoms with Gasteiger partial charge in [0.25, 0.3) is 0 Å². The van der Waals surface area contributed by atoms with E-state index < -0.39 is 6.10 Å². The monoisotopic (exact) mass is 459 g/mol. The van der Waals surface area contributed by atoms with E-state index in [4.69, 9.17) is 22.7 Å². The number of carbonyl (C=O) groups excluding carboxylic acids is 1. The number of carbonyl (C=O) groups is 1. The van der Waals surface area contributed by atoms with Crippen LogP contribution in [-0.2, 0) is 4.79 Å². The third-order valence-electron chi connectivity index (χ3n) is 4.70. The van der Waals surface area contributed by atoms with Crippen molar-refractivity contribution in [2.75, 3.05) is 39.5 Å². The second-order valence-electron chi connectivity index (χ2n) is 7.44. The molecule has 1 unspecified atom stereocenters. The first kappa shape index (κ1) is 27.6. The Morgan fingerprint density at radius 1 is 1.19 bits per heavy atom. The summed E-state index contributed by atoms with van der Waals surface area (Å²) >= 11 is 5.43. The van der Waals surface area contributed by atoms with Gasteiger partial charge < -0.3 is 25.8 Å². The molecule has 0 spiro atoms. The van der Waals surface area contributed by atoms with Crippen molar-refractivity contribution in [2.45, 2.75) is 39.7 Å². The van der Waals surface area contributed by atoms with E-state index >= 15 is 0 Å². The number of aryl methyl sites for hydroxylation is 1. The fraction of sp³-hybridized carbons (Fsp3) is 0.440. The van der Waals surface area contributed by atoms with Gasteiger partial charge in [0.2, 0.25) is 5.91 Å². The third kappa shape index (κ3) is 9.34. The minimum Gasteiger partial charge on any atom is -0.492 e. The number of nitrogens with two attached hydrogens (primary N) is 1. The van der Waals surface area contributed by atoms with Crippen LogP contribution in [0.25, 0.3) is 0 Å². The highest BCUT2D eigenvalue weighted by Gasteiger charge is 2.11. The Labute approximate surface area is 197 Å². The van der Waals surface area contributed by atoms with Crippen molar-refractivity contribution in [1.29, 1.82) is 0 Å². The first-order valence-electron chi connectivity index (χ1n) is 11.0. The molecule has 0 aliphatic rings. The zero-order valence-corrected chi connectivity index (χ0v) is 20.7. The lowest BCUT2D eigenvalue weighted by atomic mass is 10.1. The molecule has 4 N–H and O–H groups in total. The lowest BCUT2D eigenvalue weighted by Gasteiger charge is -2.14. The van der Waals surface area contributed by atoms with Gasteiger partial charge in [-0.1, -0.05) is 55.9 Å². The maximum atomic E-state index is 11.7. The highest BCUT2D eigenvalue weighted by Crippen LogP contribution is 2.22. The molecule has 7 heteroatoms. The second-order valence-corrected chi connectivity index (χ2v) is 7.94. The van der Waals surface area contributed by atoms with Crippen molar-refractivity contribution in [2.24, 2.45) is 0 Å². The van der Waals surface area contributed by atoms with Crippen molar-refractivity contribution in [3.8, 4) is 5.75 Å². The zero-order chi connectivity index (χ0) is 24.1. The smallest absolute Gasteiger partial charge is 0.222 e. The van der Waals surface area contributed by atoms with Gasteiger partial charge in [0.1, 0.15) is 12.4 Å². The van der Waals surface area contributed by atoms with Crippen LogP contribution in [0.1, 0.15) is 49.5 Å². The maximum absolute atomic E-state index is 11.7. The van der Waals surface area contributed by atoms with Crippen LogP contribution in [0.5, 0.6) is 5.75 Å². The Morgan fingerprint density at radius 3 is 2.53 bits per heavy atom. The van der Waals surface area contributed by atoms with Crippen LogP contribution in [0.3, 0.4) is 0 Å². The van der Waals surface area contributed by atoms with Gasteiger partial charge in [-0.05, 0) is 31.0 Å². The Morgan fingerprint density at radius 2 is 1.91 bits per heavy atom. The van der Waals surface area contributed by atoms with Gasteiger partial charge in [-0.25, -0.2) is 0 Å². The molecule has 0 aliphatic carbocycles. The molecule has 0 bridgehead atoms. The van der Waals surface area contributed by atoms with Crippen LogP contribution >= 0.6 is 12.2 Å². The van der Waals surface area contributed by atoms with Crippen LogP contribution in [0, 0.1) is 6.92 Å². The summed E-state index contributed by atoms with van der Waals surface area (Å²) < 4.78 is 5.73. The molecule has 2 aromatic carbocycles. The topological polar surface area (TPSA) is 87.8 Å². The van der Waals surface area contributed by atoms with Gasteiger partial charge >= 0.3 is 0 Å². The molecule has 2 rings (SSSR count). The van der Waals surface area contributed by atoms with Crippen molar-refractivity contribution in [1.82, 2.24) is 10.2 Å². The summed E-state index contributed by atoms with van der Waals surface area (Å²) in [5.74, 6) is 0.695. The largest absolute Gasteiger partial charge is 0.492 e. The lowest BCUT2D eigenvalue weighted by Crippen LogP contribution is -2.26. The lowest BCUT2D eigenvalue weighted by molar-refractivity contribution is -0.128. The minimum atomic E-state index is -0.555. The molecule has 0 fully saturated rings. The summed E-state index contributed by atoms with van der Waals surface area (Å²) in [6.45, 7) is 7.50. The average Bonchev–Trinajstić information content (AvgIpc) is 2.78. The molecule has 1 amide bonds. The van der Waals surface area contributed by atoms with Crippen LogP contribution in [0.2, 0.25) is 0 Å². The standard InChI is InChI=1S/C23H31N3O3S.C2H6/c1-16-5-4-6-17(13-16)21(27)15-25-11-12-29-18-7-8-19(20(24)14-18)22(30)9-10-23(28)26(2)3;1-2/h4-8,13-14,21,25,27H,9-12,15,24H2,1-3H3;1-2H3. The van der Waals surface area contributed by atoms with E-state index in [0.717, 1.165) is 16.7 Å². The normalized spacial score (nSPS) is 11.2. The van der Waals surface area contributed by atoms with Gasteiger partial charge in [0.15, 0.2) is 0 Å². The Balaban J connectivity index is 0.00000249. The van der Waals surface area contributed by atoms with Crippen molar-refractivity contribution in [3.63, 3.8) is 0 Å². The molecule has 6 nitrogen and oxygen atoms in total. The van der Waals surface area contributed by atoms with Crippen molar-refractivity contribution >= 4 is 28.7 Å². The van der Waals surface area contributed by atoms with Crippen LogP contribution in [0.15, 0.2) is 42.5 Å². The van der Waals surface area contributed by atoms with Gasteiger partial charge in [-0.2, -0.15) is 0 Å². The predicted molar refractivity (Wildman–Crippen MR) is 136 cm³/mol. The number of hydrogen-bond donors (Lipinski definition) is 3. The molecule has 0 saturated carbocycles. The minimum absolute atomic E-state index is 0.0379. The first-order valence-corrected chi connectivity index (χ1v) is 11.4. The molecule has 176 valence electrons. The summed E-state index contributed by atoms with van der Waals surface area (Å²) in [6, 6.07) is 13.3. The molecule has 2 aromatic rings. The SMILES string of the molecule is CC.Cc1cccc(C(O)CNCCOc2ccc(C(=S)CCC(=O)N(C)C)c(N)c2)c1. The number of aliphatic hydroxyl groups excluding tert-OH is 1. The third-order valence-corrected chi connectivity index (χ3v) is 5.12. The number of hydrogen-bond acceptors (Lipinski definition) is 6. The first-order chi connectivity index (χ1) is 15.3. The van der Waals surface area contributed by atoms with E-state index in [2.05, 4.69) is 5.32 Å². The number of rotatable bonds is 11. The molecule has 0 aliphatic heterocycles. The fourth-order valence-electron chi connectivity index (χ4n) is 2.94. The van der Waals surface area contributed by atoms with Gasteiger partial charge in [-0.15, -0.1) is 0 Å². The second kappa shape index (κ2) is 14.6. The molecule has 32 heavy (non-hydrogen) atoms. The number of nitrogens with one attached hydrogen (secondary N) is 1. The quantitative estimate of drug-likeness (QED) is 0.204. The number of nitrogen functional groups attached to an aromatic ring is 1. The summed E-state index contributed by atoms with van der Waals surface area (Å²) in [4.78, 5) is 13.9. The summed E-state index contributed by atoms with van der Waals surface area (Å²) in [6.07, 6.45) is 0.299. The highest BCUT2D eigenvalue weighted by molar-refractivity contribution is 7.80. The number of amides is 1. The Hall–Kier alpha value is -2.48. The fourth-order valence-corrected chi connectivity index (χ4v) is 3.23. The Kier molecular flexibility index (Phi) is 12.5. The van der Waals surface area contributed by atoms with Gasteiger partial charge in [0.05, 0.1) is 6.10 Å². The molecule has 0 saturated heterocycles. The van der Waals surface area contributed by atoms with Crippen LogP contribution in [0.4, 0.5) is 5.69 Å². The number of aliphatic hydroxyl groups is 1. The number of ether oxygens (including phenoxy) is 1. The maximum Gasteiger partial charge on any atom is 0.222 e. The van der Waals surface area contributed by atoms with Gasteiger partial charge in [-0.3, -0.25) is 4.79 Å². The summed E-state index contributed by atoms with van der Waals surface area (Å²) in [5.41, 5.74) is 9.45. The molecular formula is C25H37N3O3S. The molecule has 0 heterocycles. The Bertz CT molecular complexity index is 871.